The van der Waals surface area contributed by atoms with Crippen LogP contribution in [0.15, 0.2) is 70.2 Å². The molecule has 2 aromatic carbocycles. The number of hydrogen-bond donors (Lipinski definition) is 1. The molecule has 1 amide bonds. The molecule has 0 bridgehead atoms. The normalized spacial score (nSPS) is 11.0. The van der Waals surface area contributed by atoms with Crippen LogP contribution in [0.4, 0.5) is 0 Å². The predicted octanol–water partition coefficient (Wildman–Crippen LogP) is 4.95. The first kappa shape index (κ1) is 17.3. The molecule has 1 aromatic heterocycles. The summed E-state index contributed by atoms with van der Waals surface area (Å²) in [6.45, 7) is 0. The van der Waals surface area contributed by atoms with Crippen LogP contribution in [0, 0.1) is 0 Å². The van der Waals surface area contributed by atoms with Gasteiger partial charge in [-0.05, 0) is 35.9 Å². The van der Waals surface area contributed by atoms with E-state index >= 15 is 0 Å². The molecule has 0 radical (unpaired) electrons. The molecule has 0 aliphatic heterocycles. The molecule has 1 heterocycles. The van der Waals surface area contributed by atoms with Crippen molar-refractivity contribution in [1.82, 2.24) is 5.43 Å². The third-order valence-corrected chi connectivity index (χ3v) is 3.96. The highest BCUT2D eigenvalue weighted by Crippen LogP contribution is 2.31. The highest BCUT2D eigenvalue weighted by Gasteiger charge is 2.08. The van der Waals surface area contributed by atoms with Gasteiger partial charge >= 0.3 is 0 Å². The third kappa shape index (κ3) is 4.72. The Morgan fingerprint density at radius 1 is 1.08 bits per heavy atom. The molecule has 4 nitrogen and oxygen atoms in total. The zero-order chi connectivity index (χ0) is 17.6. The second-order valence-corrected chi connectivity index (χ2v) is 6.13. The molecule has 6 heteroatoms. The average molecular weight is 373 g/mol. The van der Waals surface area contributed by atoms with E-state index in [0.29, 0.717) is 21.6 Å². The Morgan fingerprint density at radius 2 is 1.88 bits per heavy atom. The van der Waals surface area contributed by atoms with Crippen LogP contribution in [0.5, 0.6) is 0 Å². The number of hydrogen-bond acceptors (Lipinski definition) is 3. The molecule has 0 aliphatic carbocycles. The number of halogens is 2. The van der Waals surface area contributed by atoms with Gasteiger partial charge in [0.2, 0.25) is 5.91 Å². The summed E-state index contributed by atoms with van der Waals surface area (Å²) in [7, 11) is 0. The van der Waals surface area contributed by atoms with Gasteiger partial charge in [0.25, 0.3) is 0 Å². The van der Waals surface area contributed by atoms with E-state index in [2.05, 4.69) is 10.5 Å². The third-order valence-electron chi connectivity index (χ3n) is 3.41. The van der Waals surface area contributed by atoms with E-state index in [1.54, 1.807) is 30.3 Å². The van der Waals surface area contributed by atoms with Gasteiger partial charge in [0.15, 0.2) is 0 Å². The number of carbonyl (C=O) groups excluding carboxylic acids is 1. The van der Waals surface area contributed by atoms with Gasteiger partial charge in [0.05, 0.1) is 17.7 Å². The molecule has 0 saturated heterocycles. The van der Waals surface area contributed by atoms with Gasteiger partial charge in [-0.3, -0.25) is 4.79 Å². The molecular weight excluding hydrogens is 359 g/mol. The minimum absolute atomic E-state index is 0.199. The van der Waals surface area contributed by atoms with E-state index in [0.717, 1.165) is 11.1 Å². The standard InChI is InChI=1S/C19H14Cl2N2O2/c20-14-6-8-16(17(21)11-14)18-9-7-15(25-18)12-22-23-19(24)10-13-4-2-1-3-5-13/h1-9,11-12H,10H2,(H,23,24)/b22-12+. The number of benzene rings is 2. The zero-order valence-corrected chi connectivity index (χ0v) is 14.6. The number of nitrogens with zero attached hydrogens (tertiary/aromatic N) is 1. The average Bonchev–Trinajstić information content (AvgIpc) is 3.04. The van der Waals surface area contributed by atoms with Gasteiger partial charge in [-0.25, -0.2) is 5.43 Å². The molecule has 0 fully saturated rings. The van der Waals surface area contributed by atoms with E-state index in [4.69, 9.17) is 27.6 Å². The topological polar surface area (TPSA) is 54.6 Å². The fourth-order valence-electron chi connectivity index (χ4n) is 2.24. The Kier molecular flexibility index (Phi) is 5.53. The quantitative estimate of drug-likeness (QED) is 0.508. The first-order chi connectivity index (χ1) is 12.1. The first-order valence-corrected chi connectivity index (χ1v) is 8.28. The summed E-state index contributed by atoms with van der Waals surface area (Å²) in [5, 5.41) is 4.97. The number of furan rings is 1. The van der Waals surface area contributed by atoms with Crippen LogP contribution in [0.3, 0.4) is 0 Å². The summed E-state index contributed by atoms with van der Waals surface area (Å²) < 4.78 is 5.66. The summed E-state index contributed by atoms with van der Waals surface area (Å²) in [5.74, 6) is 0.898. The monoisotopic (exact) mass is 372 g/mol. The Hall–Kier alpha value is -2.56. The molecule has 126 valence electrons. The molecule has 0 atom stereocenters. The van der Waals surface area contributed by atoms with E-state index in [1.165, 1.54) is 6.21 Å². The van der Waals surface area contributed by atoms with Crippen molar-refractivity contribution in [2.45, 2.75) is 6.42 Å². The lowest BCUT2D eigenvalue weighted by Gasteiger charge is -2.01. The molecule has 3 rings (SSSR count). The minimum Gasteiger partial charge on any atom is -0.455 e. The second-order valence-electron chi connectivity index (χ2n) is 5.28. The van der Waals surface area contributed by atoms with Gasteiger partial charge in [-0.2, -0.15) is 5.10 Å². The molecule has 1 N–H and O–H groups in total. The van der Waals surface area contributed by atoms with Crippen molar-refractivity contribution in [3.8, 4) is 11.3 Å². The molecular formula is C19H14Cl2N2O2. The minimum atomic E-state index is -0.199. The maximum Gasteiger partial charge on any atom is 0.244 e. The van der Waals surface area contributed by atoms with Crippen molar-refractivity contribution in [3.05, 3.63) is 82.0 Å². The van der Waals surface area contributed by atoms with Gasteiger partial charge in [0, 0.05) is 10.6 Å². The summed E-state index contributed by atoms with van der Waals surface area (Å²) in [5.41, 5.74) is 4.13. The molecule has 0 aliphatic rings. The number of hydrazone groups is 1. The van der Waals surface area contributed by atoms with Crippen LogP contribution in [0.2, 0.25) is 10.0 Å². The van der Waals surface area contributed by atoms with Crippen LogP contribution in [0.25, 0.3) is 11.3 Å². The smallest absolute Gasteiger partial charge is 0.244 e. The Balaban J connectivity index is 1.61. The van der Waals surface area contributed by atoms with Gasteiger partial charge in [0.1, 0.15) is 11.5 Å². The highest BCUT2D eigenvalue weighted by molar-refractivity contribution is 6.36. The van der Waals surface area contributed by atoms with Gasteiger partial charge in [-0.1, -0.05) is 53.5 Å². The fourth-order valence-corrected chi connectivity index (χ4v) is 2.75. The lowest BCUT2D eigenvalue weighted by molar-refractivity contribution is -0.120. The van der Waals surface area contributed by atoms with E-state index in [9.17, 15) is 4.79 Å². The van der Waals surface area contributed by atoms with Crippen molar-refractivity contribution >= 4 is 35.3 Å². The first-order valence-electron chi connectivity index (χ1n) is 7.53. The molecule has 3 aromatic rings. The van der Waals surface area contributed by atoms with E-state index in [1.807, 2.05) is 30.3 Å². The number of nitrogens with one attached hydrogen (secondary N) is 1. The van der Waals surface area contributed by atoms with Crippen molar-refractivity contribution in [1.29, 1.82) is 0 Å². The molecule has 0 saturated carbocycles. The van der Waals surface area contributed by atoms with Gasteiger partial charge < -0.3 is 4.42 Å². The van der Waals surface area contributed by atoms with Crippen molar-refractivity contribution in [3.63, 3.8) is 0 Å². The predicted molar refractivity (Wildman–Crippen MR) is 100 cm³/mol. The van der Waals surface area contributed by atoms with E-state index in [-0.39, 0.29) is 12.3 Å². The van der Waals surface area contributed by atoms with Crippen molar-refractivity contribution < 1.29 is 9.21 Å². The lowest BCUT2D eigenvalue weighted by atomic mass is 10.1. The van der Waals surface area contributed by atoms with Crippen LogP contribution < -0.4 is 5.43 Å². The number of amides is 1. The van der Waals surface area contributed by atoms with Crippen LogP contribution >= 0.6 is 23.2 Å². The summed E-state index contributed by atoms with van der Waals surface area (Å²) in [6.07, 6.45) is 1.71. The Labute approximate surface area is 155 Å². The Morgan fingerprint density at radius 3 is 2.64 bits per heavy atom. The van der Waals surface area contributed by atoms with Gasteiger partial charge in [-0.15, -0.1) is 0 Å². The fraction of sp³-hybridized carbons (Fsp3) is 0.0526. The van der Waals surface area contributed by atoms with Crippen LogP contribution in [-0.2, 0) is 11.2 Å². The maximum atomic E-state index is 11.8. The van der Waals surface area contributed by atoms with Crippen molar-refractivity contribution in [2.75, 3.05) is 0 Å². The largest absolute Gasteiger partial charge is 0.455 e. The molecule has 0 unspecified atom stereocenters. The molecule has 0 spiro atoms. The van der Waals surface area contributed by atoms with Crippen LogP contribution in [0.1, 0.15) is 11.3 Å². The lowest BCUT2D eigenvalue weighted by Crippen LogP contribution is -2.19. The van der Waals surface area contributed by atoms with E-state index < -0.39 is 0 Å². The number of rotatable bonds is 5. The number of carbonyl (C=O) groups is 1. The highest BCUT2D eigenvalue weighted by atomic mass is 35.5. The zero-order valence-electron chi connectivity index (χ0n) is 13.1. The summed E-state index contributed by atoms with van der Waals surface area (Å²) >= 11 is 12.1. The SMILES string of the molecule is O=C(Cc1ccccc1)N/N=C/c1ccc(-c2ccc(Cl)cc2Cl)o1. The Bertz CT molecular complexity index is 905. The van der Waals surface area contributed by atoms with Crippen LogP contribution in [-0.4, -0.2) is 12.1 Å². The van der Waals surface area contributed by atoms with Crippen molar-refractivity contribution in [2.24, 2.45) is 5.10 Å². The summed E-state index contributed by atoms with van der Waals surface area (Å²) in [6, 6.07) is 18.1. The second kappa shape index (κ2) is 8.01. The summed E-state index contributed by atoms with van der Waals surface area (Å²) in [4.78, 5) is 11.8. The maximum absolute atomic E-state index is 11.8. The molecule has 25 heavy (non-hydrogen) atoms.